The minimum absolute atomic E-state index is 0. The minimum atomic E-state index is 0. The van der Waals surface area contributed by atoms with Gasteiger partial charge in [0, 0.05) is 45.0 Å². The fourth-order valence-electron chi connectivity index (χ4n) is 3.67. The largest absolute Gasteiger partial charge is 0.357 e. The zero-order valence-corrected chi connectivity index (χ0v) is 20.8. The molecule has 170 valence electrons. The Labute approximate surface area is 202 Å². The van der Waals surface area contributed by atoms with Crippen LogP contribution in [0.3, 0.4) is 0 Å². The average Bonchev–Trinajstić information content (AvgIpc) is 3.17. The van der Waals surface area contributed by atoms with E-state index in [0.717, 1.165) is 57.9 Å². The van der Waals surface area contributed by atoms with E-state index in [9.17, 15) is 4.79 Å². The van der Waals surface area contributed by atoms with Crippen molar-refractivity contribution in [1.29, 1.82) is 0 Å². The first kappa shape index (κ1) is 25.2. The second-order valence-corrected chi connectivity index (χ2v) is 7.69. The Kier molecular flexibility index (Phi) is 11.4. The third-order valence-corrected chi connectivity index (χ3v) is 5.23. The fraction of sp³-hybridized carbons (Fsp3) is 0.522. The van der Waals surface area contributed by atoms with Gasteiger partial charge in [0.05, 0.1) is 13.1 Å². The van der Waals surface area contributed by atoms with Crippen molar-refractivity contribution >= 4 is 35.8 Å². The van der Waals surface area contributed by atoms with Crippen LogP contribution in [0.15, 0.2) is 47.7 Å². The first-order chi connectivity index (χ1) is 14.7. The molecule has 1 aliphatic rings. The minimum Gasteiger partial charge on any atom is -0.357 e. The summed E-state index contributed by atoms with van der Waals surface area (Å²) < 4.78 is 1.92. The third-order valence-electron chi connectivity index (χ3n) is 5.23. The van der Waals surface area contributed by atoms with Crippen molar-refractivity contribution in [3.63, 3.8) is 0 Å². The molecule has 0 unspecified atom stereocenters. The number of carbonyl (C=O) groups excluding carboxylic acids is 1. The van der Waals surface area contributed by atoms with Gasteiger partial charge in [-0.2, -0.15) is 5.10 Å². The van der Waals surface area contributed by atoms with E-state index < -0.39 is 0 Å². The number of hydrogen-bond acceptors (Lipinski definition) is 3. The number of benzene rings is 1. The van der Waals surface area contributed by atoms with Gasteiger partial charge in [-0.25, -0.2) is 4.99 Å². The zero-order chi connectivity index (χ0) is 21.0. The summed E-state index contributed by atoms with van der Waals surface area (Å²) in [6.07, 6.45) is 8.73. The number of amides is 1. The average molecular weight is 538 g/mol. The number of aromatic nitrogens is 2. The quantitative estimate of drug-likeness (QED) is 0.222. The van der Waals surface area contributed by atoms with E-state index >= 15 is 0 Å². The normalized spacial score (nSPS) is 14.7. The van der Waals surface area contributed by atoms with Crippen LogP contribution in [-0.4, -0.2) is 52.7 Å². The molecule has 7 nitrogen and oxygen atoms in total. The monoisotopic (exact) mass is 538 g/mol. The molecule has 0 spiro atoms. The highest BCUT2D eigenvalue weighted by atomic mass is 127. The molecule has 3 rings (SSSR count). The molecule has 0 bridgehead atoms. The van der Waals surface area contributed by atoms with Crippen molar-refractivity contribution < 1.29 is 4.79 Å². The molecule has 8 heteroatoms. The summed E-state index contributed by atoms with van der Waals surface area (Å²) in [4.78, 5) is 18.8. The van der Waals surface area contributed by atoms with Gasteiger partial charge in [-0.05, 0) is 43.4 Å². The van der Waals surface area contributed by atoms with E-state index in [0.29, 0.717) is 18.9 Å². The zero-order valence-electron chi connectivity index (χ0n) is 18.4. The Morgan fingerprint density at radius 3 is 2.84 bits per heavy atom. The molecule has 0 saturated carbocycles. The van der Waals surface area contributed by atoms with Crippen molar-refractivity contribution in [2.75, 3.05) is 26.2 Å². The highest BCUT2D eigenvalue weighted by molar-refractivity contribution is 14.0. The van der Waals surface area contributed by atoms with Crippen LogP contribution < -0.4 is 10.6 Å². The van der Waals surface area contributed by atoms with Crippen LogP contribution in [0.25, 0.3) is 0 Å². The molecule has 2 heterocycles. The number of likely N-dealkylation sites (tertiary alicyclic amines) is 1. The molecule has 1 amide bonds. The van der Waals surface area contributed by atoms with Crippen LogP contribution in [0.1, 0.15) is 50.2 Å². The maximum absolute atomic E-state index is 12.1. The Balaban J connectivity index is 0.00000341. The van der Waals surface area contributed by atoms with E-state index in [1.54, 1.807) is 6.20 Å². The van der Waals surface area contributed by atoms with Gasteiger partial charge in [0.15, 0.2) is 5.96 Å². The highest BCUT2D eigenvalue weighted by Crippen LogP contribution is 2.11. The Morgan fingerprint density at radius 1 is 1.16 bits per heavy atom. The number of hydrogen-bond donors (Lipinski definition) is 2. The SMILES string of the molecule is CCNC(=NCc1cccc(Cn2cccn2)c1)NCCCN1CCCCCC1=O.I. The van der Waals surface area contributed by atoms with Crippen molar-refractivity contribution in [1.82, 2.24) is 25.3 Å². The molecule has 0 aliphatic carbocycles. The van der Waals surface area contributed by atoms with Gasteiger partial charge < -0.3 is 15.5 Å². The lowest BCUT2D eigenvalue weighted by Gasteiger charge is -2.20. The van der Waals surface area contributed by atoms with Crippen molar-refractivity contribution in [2.24, 2.45) is 4.99 Å². The van der Waals surface area contributed by atoms with Gasteiger partial charge in [0.1, 0.15) is 0 Å². The van der Waals surface area contributed by atoms with Crippen LogP contribution in [0.2, 0.25) is 0 Å². The summed E-state index contributed by atoms with van der Waals surface area (Å²) in [5.74, 6) is 1.13. The summed E-state index contributed by atoms with van der Waals surface area (Å²) in [6, 6.07) is 10.4. The predicted molar refractivity (Wildman–Crippen MR) is 136 cm³/mol. The van der Waals surface area contributed by atoms with Crippen LogP contribution in [0, 0.1) is 0 Å². The molecule has 2 N–H and O–H groups in total. The molecule has 1 aromatic carbocycles. The molecule has 1 aliphatic heterocycles. The number of aliphatic imine (C=N–C) groups is 1. The Hall–Kier alpha value is -2.10. The number of guanidine groups is 1. The number of carbonyl (C=O) groups is 1. The van der Waals surface area contributed by atoms with Crippen molar-refractivity contribution in [3.05, 3.63) is 53.9 Å². The van der Waals surface area contributed by atoms with Crippen molar-refractivity contribution in [2.45, 2.75) is 52.1 Å². The smallest absolute Gasteiger partial charge is 0.222 e. The number of nitrogens with one attached hydrogen (secondary N) is 2. The summed E-state index contributed by atoms with van der Waals surface area (Å²) in [6.45, 7) is 6.79. The topological polar surface area (TPSA) is 74.6 Å². The second-order valence-electron chi connectivity index (χ2n) is 7.69. The molecular formula is C23H35IN6O. The van der Waals surface area contributed by atoms with Crippen LogP contribution >= 0.6 is 24.0 Å². The van der Waals surface area contributed by atoms with Gasteiger partial charge >= 0.3 is 0 Å². The van der Waals surface area contributed by atoms with Crippen LogP contribution in [0.4, 0.5) is 0 Å². The predicted octanol–water partition coefficient (Wildman–Crippen LogP) is 3.40. The first-order valence-electron chi connectivity index (χ1n) is 11.1. The molecule has 0 atom stereocenters. The summed E-state index contributed by atoms with van der Waals surface area (Å²) in [5, 5.41) is 11.0. The molecule has 1 saturated heterocycles. The lowest BCUT2D eigenvalue weighted by molar-refractivity contribution is -0.130. The molecule has 31 heavy (non-hydrogen) atoms. The Morgan fingerprint density at radius 2 is 2.03 bits per heavy atom. The molecule has 0 radical (unpaired) electrons. The lowest BCUT2D eigenvalue weighted by atomic mass is 10.1. The summed E-state index contributed by atoms with van der Waals surface area (Å²) >= 11 is 0. The highest BCUT2D eigenvalue weighted by Gasteiger charge is 2.15. The lowest BCUT2D eigenvalue weighted by Crippen LogP contribution is -2.39. The van der Waals surface area contributed by atoms with Crippen LogP contribution in [0.5, 0.6) is 0 Å². The fourth-order valence-corrected chi connectivity index (χ4v) is 3.67. The number of nitrogens with zero attached hydrogens (tertiary/aromatic N) is 4. The van der Waals surface area contributed by atoms with E-state index in [2.05, 4.69) is 46.9 Å². The second kappa shape index (κ2) is 14.1. The van der Waals surface area contributed by atoms with E-state index in [-0.39, 0.29) is 24.0 Å². The van der Waals surface area contributed by atoms with Gasteiger partial charge in [-0.15, -0.1) is 24.0 Å². The van der Waals surface area contributed by atoms with Crippen molar-refractivity contribution in [3.8, 4) is 0 Å². The molecule has 1 aromatic heterocycles. The summed E-state index contributed by atoms with van der Waals surface area (Å²) in [5.41, 5.74) is 2.39. The molecule has 1 fully saturated rings. The van der Waals surface area contributed by atoms with Gasteiger partial charge in [-0.3, -0.25) is 9.48 Å². The third kappa shape index (κ3) is 8.88. The van der Waals surface area contributed by atoms with E-state index in [1.807, 2.05) is 21.8 Å². The maximum atomic E-state index is 12.1. The number of halogens is 1. The first-order valence-corrected chi connectivity index (χ1v) is 11.1. The van der Waals surface area contributed by atoms with Gasteiger partial charge in [0.2, 0.25) is 5.91 Å². The van der Waals surface area contributed by atoms with Gasteiger partial charge in [0.25, 0.3) is 0 Å². The molecular weight excluding hydrogens is 503 g/mol. The van der Waals surface area contributed by atoms with E-state index in [1.165, 1.54) is 17.5 Å². The number of rotatable bonds is 9. The Bertz CT molecular complexity index is 808. The standard InChI is InChI=1S/C23H34N6O.HI/c1-2-24-23(25-12-7-15-28-14-5-3-4-11-22(28)30)26-18-20-9-6-10-21(17-20)19-29-16-8-13-27-29;/h6,8-10,13,16-17H,2-5,7,11-12,14-15,18-19H2,1H3,(H2,24,25,26);1H. The van der Waals surface area contributed by atoms with E-state index in [4.69, 9.17) is 4.99 Å². The summed E-state index contributed by atoms with van der Waals surface area (Å²) in [7, 11) is 0. The van der Waals surface area contributed by atoms with Gasteiger partial charge in [-0.1, -0.05) is 30.7 Å². The maximum Gasteiger partial charge on any atom is 0.222 e. The molecule has 2 aromatic rings. The van der Waals surface area contributed by atoms with Crippen LogP contribution in [-0.2, 0) is 17.9 Å².